The highest BCUT2D eigenvalue weighted by molar-refractivity contribution is 5.79. The Morgan fingerprint density at radius 2 is 2.11 bits per heavy atom. The number of hydrogen-bond donors (Lipinski definition) is 2. The maximum Gasteiger partial charge on any atom is 0.157 e. The first-order valence-corrected chi connectivity index (χ1v) is 6.38. The average molecular weight is 253 g/mol. The Morgan fingerprint density at radius 3 is 2.89 bits per heavy atom. The molecule has 0 saturated carbocycles. The lowest BCUT2D eigenvalue weighted by atomic mass is 10.1. The minimum absolute atomic E-state index is 0.222. The van der Waals surface area contributed by atoms with Crippen molar-refractivity contribution in [2.24, 2.45) is 0 Å². The van der Waals surface area contributed by atoms with E-state index in [1.807, 2.05) is 24.3 Å². The van der Waals surface area contributed by atoms with Gasteiger partial charge in [0, 0.05) is 12.8 Å². The molecule has 3 rings (SSSR count). The molecule has 0 aliphatic rings. The number of rotatable bonds is 4. The lowest BCUT2D eigenvalue weighted by Crippen LogP contribution is -1.88. The van der Waals surface area contributed by atoms with Crippen molar-refractivity contribution in [1.29, 1.82) is 0 Å². The van der Waals surface area contributed by atoms with Crippen LogP contribution in [0.5, 0.6) is 0 Å². The van der Waals surface area contributed by atoms with E-state index in [-0.39, 0.29) is 6.61 Å². The number of nitrogens with one attached hydrogen (secondary N) is 1. The Morgan fingerprint density at radius 1 is 1.16 bits per heavy atom. The monoisotopic (exact) mass is 253 g/mol. The Hall–Kier alpha value is -2.20. The summed E-state index contributed by atoms with van der Waals surface area (Å²) >= 11 is 0. The molecule has 0 radical (unpaired) electrons. The van der Waals surface area contributed by atoms with E-state index in [0.717, 1.165) is 35.4 Å². The van der Waals surface area contributed by atoms with Crippen molar-refractivity contribution in [2.45, 2.75) is 12.8 Å². The van der Waals surface area contributed by atoms with Crippen molar-refractivity contribution in [2.75, 3.05) is 6.61 Å². The molecule has 0 aliphatic heterocycles. The summed E-state index contributed by atoms with van der Waals surface area (Å²) < 4.78 is 0. The standard InChI is InChI=1S/C15H15N3O/c19-9-3-4-11-6-7-12-14(10-11)18-15(17-12)13-5-1-2-8-16-13/h1-2,5-8,10,19H,3-4,9H2,(H,17,18). The van der Waals surface area contributed by atoms with Crippen molar-refractivity contribution >= 4 is 11.0 Å². The van der Waals surface area contributed by atoms with E-state index in [4.69, 9.17) is 5.11 Å². The summed E-state index contributed by atoms with van der Waals surface area (Å²) in [4.78, 5) is 12.1. The molecule has 1 aromatic carbocycles. The summed E-state index contributed by atoms with van der Waals surface area (Å²) in [7, 11) is 0. The van der Waals surface area contributed by atoms with Crippen molar-refractivity contribution in [3.63, 3.8) is 0 Å². The number of pyridine rings is 1. The van der Waals surface area contributed by atoms with Crippen LogP contribution >= 0.6 is 0 Å². The molecule has 0 bridgehead atoms. The van der Waals surface area contributed by atoms with Gasteiger partial charge in [0.05, 0.1) is 11.0 Å². The van der Waals surface area contributed by atoms with Crippen LogP contribution in [-0.4, -0.2) is 26.7 Å². The van der Waals surface area contributed by atoms with Gasteiger partial charge in [-0.15, -0.1) is 0 Å². The molecule has 4 nitrogen and oxygen atoms in total. The van der Waals surface area contributed by atoms with Crippen LogP contribution in [0.25, 0.3) is 22.6 Å². The summed E-state index contributed by atoms with van der Waals surface area (Å²) in [6.07, 6.45) is 3.42. The maximum atomic E-state index is 8.87. The third-order valence-corrected chi connectivity index (χ3v) is 3.08. The van der Waals surface area contributed by atoms with Gasteiger partial charge in [-0.25, -0.2) is 4.98 Å². The summed E-state index contributed by atoms with van der Waals surface area (Å²) in [5.74, 6) is 0.787. The highest BCUT2D eigenvalue weighted by atomic mass is 16.2. The normalized spacial score (nSPS) is 11.0. The van der Waals surface area contributed by atoms with Gasteiger partial charge in [-0.1, -0.05) is 12.1 Å². The van der Waals surface area contributed by atoms with Gasteiger partial charge in [-0.2, -0.15) is 0 Å². The Bertz CT molecular complexity index is 676. The van der Waals surface area contributed by atoms with Gasteiger partial charge in [-0.3, -0.25) is 4.98 Å². The minimum Gasteiger partial charge on any atom is -0.396 e. The molecule has 4 heteroatoms. The third kappa shape index (κ3) is 2.48. The van der Waals surface area contributed by atoms with Gasteiger partial charge >= 0.3 is 0 Å². The molecule has 0 unspecified atom stereocenters. The van der Waals surface area contributed by atoms with E-state index in [1.54, 1.807) is 6.20 Å². The number of aromatic amines is 1. The predicted octanol–water partition coefficient (Wildman–Crippen LogP) is 2.55. The molecule has 0 fully saturated rings. The number of imidazole rings is 1. The number of aliphatic hydroxyl groups excluding tert-OH is 1. The number of benzene rings is 1. The lowest BCUT2D eigenvalue weighted by molar-refractivity contribution is 0.288. The predicted molar refractivity (Wildman–Crippen MR) is 74.7 cm³/mol. The summed E-state index contributed by atoms with van der Waals surface area (Å²) in [6.45, 7) is 0.222. The number of aryl methyl sites for hydroxylation is 1. The first kappa shape index (κ1) is 11.9. The van der Waals surface area contributed by atoms with Gasteiger partial charge in [0.1, 0.15) is 5.69 Å². The summed E-state index contributed by atoms with van der Waals surface area (Å²) in [6, 6.07) is 11.9. The van der Waals surface area contributed by atoms with Gasteiger partial charge < -0.3 is 10.1 Å². The molecule has 2 aromatic heterocycles. The van der Waals surface area contributed by atoms with E-state index in [1.165, 1.54) is 5.56 Å². The van der Waals surface area contributed by atoms with Crippen molar-refractivity contribution < 1.29 is 5.11 Å². The number of fused-ring (bicyclic) bond motifs is 1. The van der Waals surface area contributed by atoms with E-state index >= 15 is 0 Å². The van der Waals surface area contributed by atoms with Gasteiger partial charge in [-0.05, 0) is 42.7 Å². The topological polar surface area (TPSA) is 61.8 Å². The molecule has 0 saturated heterocycles. The van der Waals surface area contributed by atoms with Crippen molar-refractivity contribution in [3.8, 4) is 11.5 Å². The zero-order chi connectivity index (χ0) is 13.1. The fraction of sp³-hybridized carbons (Fsp3) is 0.200. The molecule has 2 heterocycles. The SMILES string of the molecule is OCCCc1ccc2nc(-c3ccccn3)[nH]c2c1. The molecule has 0 amide bonds. The molecule has 0 atom stereocenters. The fourth-order valence-electron chi connectivity index (χ4n) is 2.12. The van der Waals surface area contributed by atoms with Crippen LogP contribution in [0.3, 0.4) is 0 Å². The maximum absolute atomic E-state index is 8.87. The molecule has 96 valence electrons. The van der Waals surface area contributed by atoms with Gasteiger partial charge in [0.25, 0.3) is 0 Å². The molecule has 2 N–H and O–H groups in total. The third-order valence-electron chi connectivity index (χ3n) is 3.08. The van der Waals surface area contributed by atoms with E-state index in [9.17, 15) is 0 Å². The molecular weight excluding hydrogens is 238 g/mol. The second-order valence-corrected chi connectivity index (χ2v) is 4.48. The van der Waals surface area contributed by atoms with Crippen molar-refractivity contribution in [1.82, 2.24) is 15.0 Å². The van der Waals surface area contributed by atoms with Crippen LogP contribution in [0.2, 0.25) is 0 Å². The van der Waals surface area contributed by atoms with Crippen LogP contribution in [0.1, 0.15) is 12.0 Å². The smallest absolute Gasteiger partial charge is 0.157 e. The van der Waals surface area contributed by atoms with Gasteiger partial charge in [0.15, 0.2) is 5.82 Å². The van der Waals surface area contributed by atoms with Crippen LogP contribution < -0.4 is 0 Å². The van der Waals surface area contributed by atoms with E-state index < -0.39 is 0 Å². The minimum atomic E-state index is 0.222. The molecule has 0 spiro atoms. The number of hydrogen-bond acceptors (Lipinski definition) is 3. The van der Waals surface area contributed by atoms with Gasteiger partial charge in [0.2, 0.25) is 0 Å². The number of aliphatic hydroxyl groups is 1. The highest BCUT2D eigenvalue weighted by Gasteiger charge is 2.06. The van der Waals surface area contributed by atoms with Crippen molar-refractivity contribution in [3.05, 3.63) is 48.2 Å². The quantitative estimate of drug-likeness (QED) is 0.751. The highest BCUT2D eigenvalue weighted by Crippen LogP contribution is 2.20. The van der Waals surface area contributed by atoms with Crippen LogP contribution in [0, 0.1) is 0 Å². The second kappa shape index (κ2) is 5.20. The largest absolute Gasteiger partial charge is 0.396 e. The Kier molecular flexibility index (Phi) is 3.25. The average Bonchev–Trinajstić information content (AvgIpc) is 2.89. The summed E-state index contributed by atoms with van der Waals surface area (Å²) in [5.41, 5.74) is 4.00. The zero-order valence-corrected chi connectivity index (χ0v) is 10.5. The number of nitrogens with zero attached hydrogens (tertiary/aromatic N) is 2. The molecule has 19 heavy (non-hydrogen) atoms. The Labute approximate surface area is 111 Å². The van der Waals surface area contributed by atoms with Crippen LogP contribution in [0.4, 0.5) is 0 Å². The fourth-order valence-corrected chi connectivity index (χ4v) is 2.12. The molecular formula is C15H15N3O. The van der Waals surface area contributed by atoms with Crippen LogP contribution in [0.15, 0.2) is 42.6 Å². The zero-order valence-electron chi connectivity index (χ0n) is 10.5. The number of aromatic nitrogens is 3. The first-order chi connectivity index (χ1) is 9.36. The lowest BCUT2D eigenvalue weighted by Gasteiger charge is -1.98. The van der Waals surface area contributed by atoms with Crippen LogP contribution in [-0.2, 0) is 6.42 Å². The first-order valence-electron chi connectivity index (χ1n) is 6.38. The van der Waals surface area contributed by atoms with E-state index in [0.29, 0.717) is 0 Å². The molecule has 3 aromatic rings. The summed E-state index contributed by atoms with van der Waals surface area (Å²) in [5, 5.41) is 8.87. The molecule has 0 aliphatic carbocycles. The second-order valence-electron chi connectivity index (χ2n) is 4.48. The number of H-pyrrole nitrogens is 1. The Balaban J connectivity index is 1.97. The van der Waals surface area contributed by atoms with E-state index in [2.05, 4.69) is 27.1 Å².